The quantitative estimate of drug-likeness (QED) is 0.863. The molecule has 2 aromatic carbocycles. The molecule has 0 aliphatic heterocycles. The van der Waals surface area contributed by atoms with Crippen LogP contribution in [-0.4, -0.2) is 5.91 Å². The van der Waals surface area contributed by atoms with Crippen LogP contribution in [-0.2, 0) is 5.54 Å². The fourth-order valence-electron chi connectivity index (χ4n) is 2.01. The molecule has 1 N–H and O–H groups in total. The highest BCUT2D eigenvalue weighted by atomic mass is 35.5. The molecule has 0 saturated heterocycles. The van der Waals surface area contributed by atoms with Crippen LogP contribution in [0.4, 0.5) is 4.39 Å². The van der Waals surface area contributed by atoms with Gasteiger partial charge < -0.3 is 5.32 Å². The van der Waals surface area contributed by atoms with Gasteiger partial charge in [-0.3, -0.25) is 4.79 Å². The second kappa shape index (κ2) is 6.04. The Morgan fingerprint density at radius 3 is 2.43 bits per heavy atom. The molecule has 21 heavy (non-hydrogen) atoms. The molecular formula is C16H14Cl2FNO. The van der Waals surface area contributed by atoms with Crippen LogP contribution in [0.5, 0.6) is 0 Å². The van der Waals surface area contributed by atoms with Crippen molar-refractivity contribution in [3.63, 3.8) is 0 Å². The standard InChI is InChI=1S/C16H14Cl2FNO/c1-16(2,10-5-3-6-11(17)9-10)20-15(21)14-12(18)7-4-8-13(14)19/h3-9H,1-2H3,(H,20,21). The van der Waals surface area contributed by atoms with Gasteiger partial charge in [-0.2, -0.15) is 0 Å². The van der Waals surface area contributed by atoms with E-state index in [1.807, 2.05) is 19.9 Å². The van der Waals surface area contributed by atoms with E-state index in [9.17, 15) is 9.18 Å². The topological polar surface area (TPSA) is 29.1 Å². The zero-order valence-electron chi connectivity index (χ0n) is 11.6. The van der Waals surface area contributed by atoms with Gasteiger partial charge in [0.05, 0.1) is 16.1 Å². The zero-order chi connectivity index (χ0) is 15.6. The van der Waals surface area contributed by atoms with E-state index in [1.165, 1.54) is 18.2 Å². The van der Waals surface area contributed by atoms with Crippen molar-refractivity contribution in [2.75, 3.05) is 0 Å². The minimum absolute atomic E-state index is 0.0781. The number of carbonyl (C=O) groups is 1. The monoisotopic (exact) mass is 325 g/mol. The van der Waals surface area contributed by atoms with Crippen molar-refractivity contribution in [2.45, 2.75) is 19.4 Å². The van der Waals surface area contributed by atoms with Crippen LogP contribution in [0.15, 0.2) is 42.5 Å². The van der Waals surface area contributed by atoms with E-state index in [4.69, 9.17) is 23.2 Å². The molecular weight excluding hydrogens is 312 g/mol. The predicted octanol–water partition coefficient (Wildman–Crippen LogP) is 4.80. The highest BCUT2D eigenvalue weighted by Crippen LogP contribution is 2.25. The van der Waals surface area contributed by atoms with Gasteiger partial charge in [-0.05, 0) is 43.7 Å². The molecule has 0 unspecified atom stereocenters. The first-order valence-electron chi connectivity index (χ1n) is 6.34. The third-order valence-corrected chi connectivity index (χ3v) is 3.71. The Labute approximate surface area is 132 Å². The Kier molecular flexibility index (Phi) is 4.55. The number of rotatable bonds is 3. The first kappa shape index (κ1) is 15.8. The van der Waals surface area contributed by atoms with E-state index < -0.39 is 17.3 Å². The number of halogens is 3. The van der Waals surface area contributed by atoms with Crippen molar-refractivity contribution in [1.82, 2.24) is 5.32 Å². The van der Waals surface area contributed by atoms with Gasteiger partial charge in [0.2, 0.25) is 0 Å². The summed E-state index contributed by atoms with van der Waals surface area (Å²) in [5.74, 6) is -1.22. The molecule has 0 heterocycles. The van der Waals surface area contributed by atoms with Crippen LogP contribution in [0.1, 0.15) is 29.8 Å². The Balaban J connectivity index is 2.30. The first-order valence-corrected chi connectivity index (χ1v) is 7.09. The molecule has 0 aliphatic carbocycles. The normalized spacial score (nSPS) is 11.3. The van der Waals surface area contributed by atoms with Gasteiger partial charge in [-0.1, -0.05) is 41.4 Å². The summed E-state index contributed by atoms with van der Waals surface area (Å²) in [6.45, 7) is 3.62. The summed E-state index contributed by atoms with van der Waals surface area (Å²) in [7, 11) is 0. The zero-order valence-corrected chi connectivity index (χ0v) is 13.1. The van der Waals surface area contributed by atoms with Crippen molar-refractivity contribution in [3.05, 3.63) is 69.5 Å². The molecule has 0 bridgehead atoms. The van der Waals surface area contributed by atoms with Gasteiger partial charge in [0, 0.05) is 5.02 Å². The maximum Gasteiger partial charge on any atom is 0.256 e. The van der Waals surface area contributed by atoms with Gasteiger partial charge in [-0.15, -0.1) is 0 Å². The summed E-state index contributed by atoms with van der Waals surface area (Å²) >= 11 is 11.9. The van der Waals surface area contributed by atoms with Crippen molar-refractivity contribution in [2.24, 2.45) is 0 Å². The van der Waals surface area contributed by atoms with Crippen molar-refractivity contribution >= 4 is 29.1 Å². The minimum Gasteiger partial charge on any atom is -0.343 e. The SMILES string of the molecule is CC(C)(NC(=O)c1c(F)cccc1Cl)c1cccc(Cl)c1. The van der Waals surface area contributed by atoms with Crippen LogP contribution in [0.25, 0.3) is 0 Å². The van der Waals surface area contributed by atoms with Crippen LogP contribution in [0, 0.1) is 5.82 Å². The second-order valence-corrected chi connectivity index (χ2v) is 6.03. The number of carbonyl (C=O) groups excluding carboxylic acids is 1. The Hall–Kier alpha value is -1.58. The summed E-state index contributed by atoms with van der Waals surface area (Å²) in [5, 5.41) is 3.42. The van der Waals surface area contributed by atoms with Crippen LogP contribution >= 0.6 is 23.2 Å². The summed E-state index contributed by atoms with van der Waals surface area (Å²) < 4.78 is 13.8. The highest BCUT2D eigenvalue weighted by Gasteiger charge is 2.26. The van der Waals surface area contributed by atoms with Crippen molar-refractivity contribution < 1.29 is 9.18 Å². The molecule has 0 aromatic heterocycles. The van der Waals surface area contributed by atoms with E-state index in [0.717, 1.165) is 5.56 Å². The average molecular weight is 326 g/mol. The lowest BCUT2D eigenvalue weighted by molar-refractivity contribution is 0.0908. The highest BCUT2D eigenvalue weighted by molar-refractivity contribution is 6.33. The predicted molar refractivity (Wildman–Crippen MR) is 83.4 cm³/mol. The van der Waals surface area contributed by atoms with E-state index in [-0.39, 0.29) is 10.6 Å². The molecule has 5 heteroatoms. The third kappa shape index (κ3) is 3.55. The summed E-state index contributed by atoms with van der Waals surface area (Å²) in [6, 6.07) is 11.3. The maximum absolute atomic E-state index is 13.8. The molecule has 0 saturated carbocycles. The number of nitrogens with one attached hydrogen (secondary N) is 1. The lowest BCUT2D eigenvalue weighted by atomic mass is 9.94. The van der Waals surface area contributed by atoms with Gasteiger partial charge in [0.1, 0.15) is 5.82 Å². The molecule has 2 aromatic rings. The molecule has 0 spiro atoms. The fraction of sp³-hybridized carbons (Fsp3) is 0.188. The van der Waals surface area contributed by atoms with Crippen LogP contribution in [0.2, 0.25) is 10.0 Å². The van der Waals surface area contributed by atoms with Gasteiger partial charge >= 0.3 is 0 Å². The summed E-state index contributed by atoms with van der Waals surface area (Å²) in [6.07, 6.45) is 0. The van der Waals surface area contributed by atoms with E-state index in [2.05, 4.69) is 5.32 Å². The fourth-order valence-corrected chi connectivity index (χ4v) is 2.45. The van der Waals surface area contributed by atoms with Crippen LogP contribution < -0.4 is 5.32 Å². The molecule has 0 aliphatic rings. The molecule has 0 radical (unpaired) electrons. The Morgan fingerprint density at radius 1 is 1.14 bits per heavy atom. The maximum atomic E-state index is 13.8. The van der Waals surface area contributed by atoms with Crippen molar-refractivity contribution in [1.29, 1.82) is 0 Å². The third-order valence-electron chi connectivity index (χ3n) is 3.16. The van der Waals surface area contributed by atoms with Crippen LogP contribution in [0.3, 0.4) is 0 Å². The molecule has 0 fully saturated rings. The molecule has 2 nitrogen and oxygen atoms in total. The number of hydrogen-bond donors (Lipinski definition) is 1. The van der Waals surface area contributed by atoms with Gasteiger partial charge in [0.25, 0.3) is 5.91 Å². The number of amides is 1. The van der Waals surface area contributed by atoms with Gasteiger partial charge in [0.15, 0.2) is 0 Å². The largest absolute Gasteiger partial charge is 0.343 e. The number of benzene rings is 2. The van der Waals surface area contributed by atoms with E-state index in [0.29, 0.717) is 5.02 Å². The minimum atomic E-state index is -0.715. The molecule has 1 amide bonds. The van der Waals surface area contributed by atoms with E-state index in [1.54, 1.807) is 18.2 Å². The summed E-state index contributed by atoms with van der Waals surface area (Å²) in [5.41, 5.74) is -0.0572. The summed E-state index contributed by atoms with van der Waals surface area (Å²) in [4.78, 5) is 12.3. The lowest BCUT2D eigenvalue weighted by Gasteiger charge is -2.27. The second-order valence-electron chi connectivity index (χ2n) is 5.19. The number of hydrogen-bond acceptors (Lipinski definition) is 1. The van der Waals surface area contributed by atoms with Crippen molar-refractivity contribution in [3.8, 4) is 0 Å². The Morgan fingerprint density at radius 2 is 1.81 bits per heavy atom. The Bertz CT molecular complexity index is 665. The molecule has 0 atom stereocenters. The average Bonchev–Trinajstić information content (AvgIpc) is 2.37. The smallest absolute Gasteiger partial charge is 0.256 e. The lowest BCUT2D eigenvalue weighted by Crippen LogP contribution is -2.41. The van der Waals surface area contributed by atoms with E-state index >= 15 is 0 Å². The van der Waals surface area contributed by atoms with Gasteiger partial charge in [-0.25, -0.2) is 4.39 Å². The first-order chi connectivity index (χ1) is 9.81. The molecule has 110 valence electrons. The molecule has 2 rings (SSSR count).